The van der Waals surface area contributed by atoms with Gasteiger partial charge in [0, 0.05) is 55.1 Å². The van der Waals surface area contributed by atoms with Crippen LogP contribution in [0.4, 0.5) is 21.7 Å². The highest BCUT2D eigenvalue weighted by Gasteiger charge is 2.08. The SMILES string of the molecule is CNC(=O)c1ccc(Nc2cc(NCc3ccccc3F)c(C=N)cn2)nc1. The first-order chi connectivity index (χ1) is 13.6. The molecule has 7 nitrogen and oxygen atoms in total. The number of hydrogen-bond donors (Lipinski definition) is 4. The smallest absolute Gasteiger partial charge is 0.252 e. The fourth-order valence-electron chi connectivity index (χ4n) is 2.51. The van der Waals surface area contributed by atoms with Crippen molar-refractivity contribution in [2.24, 2.45) is 0 Å². The zero-order valence-electron chi connectivity index (χ0n) is 15.2. The number of nitrogens with zero attached hydrogens (tertiary/aromatic N) is 2. The predicted octanol–water partition coefficient (Wildman–Crippen LogP) is 3.33. The van der Waals surface area contributed by atoms with Crippen molar-refractivity contribution in [3.8, 4) is 0 Å². The van der Waals surface area contributed by atoms with Crippen molar-refractivity contribution in [2.45, 2.75) is 6.54 Å². The third kappa shape index (κ3) is 4.47. The molecule has 0 saturated carbocycles. The van der Waals surface area contributed by atoms with Gasteiger partial charge in [-0.05, 0) is 18.2 Å². The van der Waals surface area contributed by atoms with Gasteiger partial charge in [-0.1, -0.05) is 18.2 Å². The van der Waals surface area contributed by atoms with Crippen molar-refractivity contribution < 1.29 is 9.18 Å². The maximum atomic E-state index is 13.8. The number of benzene rings is 1. The molecule has 1 aromatic carbocycles. The molecule has 3 rings (SSSR count). The molecule has 0 radical (unpaired) electrons. The Labute approximate surface area is 161 Å². The summed E-state index contributed by atoms with van der Waals surface area (Å²) in [5, 5.41) is 16.2. The van der Waals surface area contributed by atoms with Gasteiger partial charge in [0.15, 0.2) is 0 Å². The number of nitrogens with one attached hydrogen (secondary N) is 4. The van der Waals surface area contributed by atoms with Crippen LogP contribution in [0.3, 0.4) is 0 Å². The molecule has 0 aliphatic rings. The second-order valence-corrected chi connectivity index (χ2v) is 5.88. The molecule has 3 aromatic rings. The van der Waals surface area contributed by atoms with E-state index in [4.69, 9.17) is 5.41 Å². The van der Waals surface area contributed by atoms with Crippen molar-refractivity contribution in [1.29, 1.82) is 5.41 Å². The summed E-state index contributed by atoms with van der Waals surface area (Å²) in [6, 6.07) is 11.5. The largest absolute Gasteiger partial charge is 0.380 e. The lowest BCUT2D eigenvalue weighted by Gasteiger charge is -2.12. The lowest BCUT2D eigenvalue weighted by molar-refractivity contribution is 0.0963. The van der Waals surface area contributed by atoms with Crippen LogP contribution in [0, 0.1) is 11.2 Å². The average molecular weight is 378 g/mol. The number of halogens is 1. The molecule has 0 saturated heterocycles. The lowest BCUT2D eigenvalue weighted by Crippen LogP contribution is -2.17. The molecule has 4 N–H and O–H groups in total. The van der Waals surface area contributed by atoms with Crippen molar-refractivity contribution in [3.05, 3.63) is 77.4 Å². The molecule has 0 fully saturated rings. The molecule has 0 spiro atoms. The first-order valence-corrected chi connectivity index (χ1v) is 8.53. The van der Waals surface area contributed by atoms with Gasteiger partial charge >= 0.3 is 0 Å². The maximum Gasteiger partial charge on any atom is 0.252 e. The summed E-state index contributed by atoms with van der Waals surface area (Å²) >= 11 is 0. The molecule has 0 atom stereocenters. The Morgan fingerprint density at radius 3 is 2.61 bits per heavy atom. The zero-order chi connectivity index (χ0) is 19.9. The Morgan fingerprint density at radius 2 is 1.93 bits per heavy atom. The molecule has 0 unspecified atom stereocenters. The number of aromatic nitrogens is 2. The molecule has 2 aromatic heterocycles. The molecule has 2 heterocycles. The van der Waals surface area contributed by atoms with Crippen LogP contribution >= 0.6 is 0 Å². The van der Waals surface area contributed by atoms with E-state index in [1.807, 2.05) is 0 Å². The first-order valence-electron chi connectivity index (χ1n) is 8.53. The van der Waals surface area contributed by atoms with E-state index in [0.29, 0.717) is 34.0 Å². The average Bonchev–Trinajstić information content (AvgIpc) is 2.73. The zero-order valence-corrected chi connectivity index (χ0v) is 15.2. The third-order valence-corrected chi connectivity index (χ3v) is 4.03. The quantitative estimate of drug-likeness (QED) is 0.472. The summed E-state index contributed by atoms with van der Waals surface area (Å²) in [5.41, 5.74) is 2.19. The van der Waals surface area contributed by atoms with Gasteiger partial charge in [0.1, 0.15) is 17.5 Å². The Balaban J connectivity index is 1.76. The topological polar surface area (TPSA) is 103 Å². The van der Waals surface area contributed by atoms with Gasteiger partial charge in [-0.15, -0.1) is 0 Å². The van der Waals surface area contributed by atoms with Gasteiger partial charge in [0.05, 0.1) is 5.56 Å². The van der Waals surface area contributed by atoms with Crippen LogP contribution in [0.15, 0.2) is 54.9 Å². The van der Waals surface area contributed by atoms with Gasteiger partial charge in [-0.3, -0.25) is 4.79 Å². The van der Waals surface area contributed by atoms with Crippen molar-refractivity contribution in [3.63, 3.8) is 0 Å². The van der Waals surface area contributed by atoms with Gasteiger partial charge < -0.3 is 21.4 Å². The molecule has 142 valence electrons. The van der Waals surface area contributed by atoms with Crippen molar-refractivity contribution in [2.75, 3.05) is 17.7 Å². The van der Waals surface area contributed by atoms with E-state index in [1.165, 1.54) is 24.7 Å². The molecule has 28 heavy (non-hydrogen) atoms. The van der Waals surface area contributed by atoms with Crippen molar-refractivity contribution >= 4 is 29.4 Å². The lowest BCUT2D eigenvalue weighted by atomic mass is 10.2. The van der Waals surface area contributed by atoms with E-state index in [9.17, 15) is 9.18 Å². The normalized spacial score (nSPS) is 10.2. The number of amides is 1. The molecular weight excluding hydrogens is 359 g/mol. The highest BCUT2D eigenvalue weighted by molar-refractivity contribution is 5.93. The summed E-state index contributed by atoms with van der Waals surface area (Å²) in [6.07, 6.45) is 4.18. The van der Waals surface area contributed by atoms with Crippen LogP contribution in [-0.2, 0) is 6.54 Å². The number of anilines is 3. The maximum absolute atomic E-state index is 13.8. The molecule has 0 aliphatic carbocycles. The molecule has 1 amide bonds. The van der Waals surface area contributed by atoms with Crippen LogP contribution < -0.4 is 16.0 Å². The van der Waals surface area contributed by atoms with E-state index in [2.05, 4.69) is 25.9 Å². The van der Waals surface area contributed by atoms with Crippen LogP contribution in [-0.4, -0.2) is 29.1 Å². The third-order valence-electron chi connectivity index (χ3n) is 4.03. The van der Waals surface area contributed by atoms with Crippen LogP contribution in [0.1, 0.15) is 21.5 Å². The monoisotopic (exact) mass is 378 g/mol. The van der Waals surface area contributed by atoms with Crippen LogP contribution in [0.5, 0.6) is 0 Å². The summed E-state index contributed by atoms with van der Waals surface area (Å²) in [6.45, 7) is 0.274. The molecule has 0 bridgehead atoms. The van der Waals surface area contributed by atoms with E-state index in [0.717, 1.165) is 0 Å². The Kier molecular flexibility index (Phi) is 5.91. The summed E-state index contributed by atoms with van der Waals surface area (Å²) < 4.78 is 13.8. The number of pyridine rings is 2. The highest BCUT2D eigenvalue weighted by Crippen LogP contribution is 2.21. The van der Waals surface area contributed by atoms with E-state index in [1.54, 1.807) is 43.4 Å². The molecular formula is C20H19FN6O. The van der Waals surface area contributed by atoms with E-state index in [-0.39, 0.29) is 18.3 Å². The van der Waals surface area contributed by atoms with Gasteiger partial charge in [-0.25, -0.2) is 14.4 Å². The fraction of sp³-hybridized carbons (Fsp3) is 0.100. The van der Waals surface area contributed by atoms with Crippen molar-refractivity contribution in [1.82, 2.24) is 15.3 Å². The predicted molar refractivity (Wildman–Crippen MR) is 107 cm³/mol. The number of carbonyl (C=O) groups excluding carboxylic acids is 1. The van der Waals surface area contributed by atoms with Gasteiger partial charge in [0.25, 0.3) is 5.91 Å². The van der Waals surface area contributed by atoms with Crippen LogP contribution in [0.25, 0.3) is 0 Å². The van der Waals surface area contributed by atoms with Gasteiger partial charge in [-0.2, -0.15) is 0 Å². The second kappa shape index (κ2) is 8.72. The molecule has 0 aliphatic heterocycles. The minimum atomic E-state index is -0.292. The summed E-state index contributed by atoms with van der Waals surface area (Å²) in [7, 11) is 1.55. The van der Waals surface area contributed by atoms with E-state index < -0.39 is 0 Å². The number of carbonyl (C=O) groups is 1. The highest BCUT2D eigenvalue weighted by atomic mass is 19.1. The van der Waals surface area contributed by atoms with E-state index >= 15 is 0 Å². The Bertz CT molecular complexity index is 990. The molecule has 8 heteroatoms. The van der Waals surface area contributed by atoms with Crippen LogP contribution in [0.2, 0.25) is 0 Å². The standard InChI is InChI=1S/C20H19FN6O/c1-23-20(28)14-6-7-18(25-11-14)27-19-8-17(15(9-22)12-26-19)24-10-13-4-2-3-5-16(13)21/h2-9,11-12,22H,10H2,1H3,(H,23,28)(H2,24,25,26,27). The summed E-state index contributed by atoms with van der Waals surface area (Å²) in [4.78, 5) is 20.0. The van der Waals surface area contributed by atoms with Gasteiger partial charge in [0.2, 0.25) is 0 Å². The minimum Gasteiger partial charge on any atom is -0.380 e. The Hall–Kier alpha value is -3.81. The summed E-state index contributed by atoms with van der Waals surface area (Å²) in [5.74, 6) is 0.510. The second-order valence-electron chi connectivity index (χ2n) is 5.88. The first kappa shape index (κ1) is 19.0. The minimum absolute atomic E-state index is 0.216. The fourth-order valence-corrected chi connectivity index (χ4v) is 2.51. The number of hydrogen-bond acceptors (Lipinski definition) is 6. The number of rotatable bonds is 7. The Morgan fingerprint density at radius 1 is 1.14 bits per heavy atom.